The van der Waals surface area contributed by atoms with Crippen molar-refractivity contribution in [1.82, 2.24) is 10.2 Å². The van der Waals surface area contributed by atoms with Crippen molar-refractivity contribution < 1.29 is 9.59 Å². The van der Waals surface area contributed by atoms with Crippen LogP contribution < -0.4 is 5.32 Å². The van der Waals surface area contributed by atoms with E-state index in [9.17, 15) is 9.59 Å². The Kier molecular flexibility index (Phi) is 7.96. The van der Waals surface area contributed by atoms with Crippen molar-refractivity contribution in [3.63, 3.8) is 0 Å². The Morgan fingerprint density at radius 1 is 1.04 bits per heavy atom. The lowest BCUT2D eigenvalue weighted by molar-refractivity contribution is -0.140. The average Bonchev–Trinajstić information content (AvgIpc) is 2.63. The molecule has 0 aliphatic rings. The maximum absolute atomic E-state index is 13.0. The van der Waals surface area contributed by atoms with Crippen LogP contribution in [0.4, 0.5) is 0 Å². The van der Waals surface area contributed by atoms with Gasteiger partial charge in [-0.25, -0.2) is 0 Å². The van der Waals surface area contributed by atoms with Crippen molar-refractivity contribution in [1.29, 1.82) is 0 Å². The van der Waals surface area contributed by atoms with E-state index in [1.807, 2.05) is 25.1 Å². The minimum atomic E-state index is -0.642. The minimum Gasteiger partial charge on any atom is -0.355 e. The summed E-state index contributed by atoms with van der Waals surface area (Å²) < 4.78 is 0. The Morgan fingerprint density at radius 3 is 2.37 bits per heavy atom. The van der Waals surface area contributed by atoms with Gasteiger partial charge in [0.05, 0.1) is 16.5 Å². The molecule has 0 aromatic heterocycles. The maximum atomic E-state index is 13.0. The standard InChI is InChI=1S/C20H21Cl3N2O2/c1-3-24-20(27)13(2)25(12-15-6-4-5-7-16(15)21)19(26)11-14-8-9-17(22)18(23)10-14/h4-10,13H,3,11-12H2,1-2H3,(H,24,27). The monoisotopic (exact) mass is 426 g/mol. The van der Waals surface area contributed by atoms with Gasteiger partial charge in [-0.3, -0.25) is 9.59 Å². The molecule has 0 saturated carbocycles. The number of nitrogens with zero attached hydrogens (tertiary/aromatic N) is 1. The Balaban J connectivity index is 2.26. The Morgan fingerprint density at radius 2 is 1.74 bits per heavy atom. The van der Waals surface area contributed by atoms with Crippen molar-refractivity contribution in [2.24, 2.45) is 0 Å². The quantitative estimate of drug-likeness (QED) is 0.693. The van der Waals surface area contributed by atoms with Crippen molar-refractivity contribution in [3.8, 4) is 0 Å². The zero-order chi connectivity index (χ0) is 20.0. The highest BCUT2D eigenvalue weighted by atomic mass is 35.5. The van der Waals surface area contributed by atoms with Crippen molar-refractivity contribution in [2.75, 3.05) is 6.54 Å². The van der Waals surface area contributed by atoms with Crippen LogP contribution in [0.3, 0.4) is 0 Å². The fourth-order valence-corrected chi connectivity index (χ4v) is 3.16. The van der Waals surface area contributed by atoms with Gasteiger partial charge in [0.1, 0.15) is 6.04 Å². The van der Waals surface area contributed by atoms with E-state index in [2.05, 4.69) is 5.32 Å². The first kappa shape index (κ1) is 21.5. The third kappa shape index (κ3) is 5.86. The number of carbonyl (C=O) groups excluding carboxylic acids is 2. The van der Waals surface area contributed by atoms with Crippen molar-refractivity contribution >= 4 is 46.6 Å². The molecule has 0 aliphatic heterocycles. The van der Waals surface area contributed by atoms with Gasteiger partial charge >= 0.3 is 0 Å². The molecule has 144 valence electrons. The molecule has 2 aromatic rings. The van der Waals surface area contributed by atoms with E-state index in [0.717, 1.165) is 11.1 Å². The van der Waals surface area contributed by atoms with Crippen molar-refractivity contribution in [2.45, 2.75) is 32.9 Å². The Labute approximate surface area is 174 Å². The van der Waals surface area contributed by atoms with Crippen LogP contribution >= 0.6 is 34.8 Å². The predicted molar refractivity (Wildman–Crippen MR) is 110 cm³/mol. The number of halogens is 3. The number of benzene rings is 2. The van der Waals surface area contributed by atoms with Gasteiger partial charge in [0.15, 0.2) is 0 Å². The van der Waals surface area contributed by atoms with Gasteiger partial charge in [-0.2, -0.15) is 0 Å². The van der Waals surface area contributed by atoms with Gasteiger partial charge in [0.25, 0.3) is 0 Å². The summed E-state index contributed by atoms with van der Waals surface area (Å²) in [4.78, 5) is 26.9. The molecule has 2 amide bonds. The number of likely N-dealkylation sites (N-methyl/N-ethyl adjacent to an activating group) is 1. The number of amides is 2. The highest BCUT2D eigenvalue weighted by molar-refractivity contribution is 6.42. The van der Waals surface area contributed by atoms with Crippen LogP contribution in [0, 0.1) is 0 Å². The second-order valence-corrected chi connectivity index (χ2v) is 7.33. The van der Waals surface area contributed by atoms with E-state index in [-0.39, 0.29) is 24.8 Å². The molecule has 7 heteroatoms. The van der Waals surface area contributed by atoms with E-state index in [0.29, 0.717) is 21.6 Å². The summed E-state index contributed by atoms with van der Waals surface area (Å²) in [5, 5.41) is 4.12. The van der Waals surface area contributed by atoms with Gasteiger partial charge in [-0.05, 0) is 43.2 Å². The molecule has 0 spiro atoms. The molecular weight excluding hydrogens is 407 g/mol. The topological polar surface area (TPSA) is 49.4 Å². The van der Waals surface area contributed by atoms with Crippen LogP contribution in [0.2, 0.25) is 15.1 Å². The summed E-state index contributed by atoms with van der Waals surface area (Å²) in [6.45, 7) is 4.26. The number of hydrogen-bond donors (Lipinski definition) is 1. The minimum absolute atomic E-state index is 0.102. The first-order chi connectivity index (χ1) is 12.8. The fourth-order valence-electron chi connectivity index (χ4n) is 2.64. The van der Waals surface area contributed by atoms with Crippen LogP contribution in [0.25, 0.3) is 0 Å². The molecule has 1 N–H and O–H groups in total. The molecule has 1 atom stereocenters. The van der Waals surface area contributed by atoms with E-state index in [1.54, 1.807) is 31.2 Å². The van der Waals surface area contributed by atoms with Crippen LogP contribution in [0.1, 0.15) is 25.0 Å². The molecule has 1 unspecified atom stereocenters. The molecule has 2 aromatic carbocycles. The molecule has 2 rings (SSSR count). The fraction of sp³-hybridized carbons (Fsp3) is 0.300. The highest BCUT2D eigenvalue weighted by Gasteiger charge is 2.26. The molecule has 0 aliphatic carbocycles. The lowest BCUT2D eigenvalue weighted by atomic mass is 10.1. The smallest absolute Gasteiger partial charge is 0.242 e. The molecule has 0 radical (unpaired) electrons. The van der Waals surface area contributed by atoms with Crippen molar-refractivity contribution in [3.05, 3.63) is 68.7 Å². The second-order valence-electron chi connectivity index (χ2n) is 6.11. The highest BCUT2D eigenvalue weighted by Crippen LogP contribution is 2.24. The summed E-state index contributed by atoms with van der Waals surface area (Å²) in [6.07, 6.45) is 0.102. The normalized spacial score (nSPS) is 11.7. The molecule has 0 saturated heterocycles. The van der Waals surface area contributed by atoms with E-state index in [4.69, 9.17) is 34.8 Å². The Bertz CT molecular complexity index is 827. The van der Waals surface area contributed by atoms with Crippen LogP contribution in [-0.4, -0.2) is 29.3 Å². The van der Waals surface area contributed by atoms with Crippen LogP contribution in [0.5, 0.6) is 0 Å². The number of rotatable bonds is 7. The molecular formula is C20H21Cl3N2O2. The maximum Gasteiger partial charge on any atom is 0.242 e. The van der Waals surface area contributed by atoms with E-state index >= 15 is 0 Å². The summed E-state index contributed by atoms with van der Waals surface area (Å²) >= 11 is 18.2. The lowest BCUT2D eigenvalue weighted by Crippen LogP contribution is -2.48. The summed E-state index contributed by atoms with van der Waals surface area (Å²) in [5.41, 5.74) is 1.50. The van der Waals surface area contributed by atoms with E-state index < -0.39 is 6.04 Å². The molecule has 0 bridgehead atoms. The lowest BCUT2D eigenvalue weighted by Gasteiger charge is -2.29. The first-order valence-corrected chi connectivity index (χ1v) is 9.71. The number of nitrogens with one attached hydrogen (secondary N) is 1. The van der Waals surface area contributed by atoms with Gasteiger partial charge < -0.3 is 10.2 Å². The average molecular weight is 428 g/mol. The third-order valence-corrected chi connectivity index (χ3v) is 5.26. The zero-order valence-corrected chi connectivity index (χ0v) is 17.4. The number of carbonyl (C=O) groups is 2. The number of hydrogen-bond acceptors (Lipinski definition) is 2. The van der Waals surface area contributed by atoms with Gasteiger partial charge in [-0.15, -0.1) is 0 Å². The van der Waals surface area contributed by atoms with E-state index in [1.165, 1.54) is 4.90 Å². The zero-order valence-electron chi connectivity index (χ0n) is 15.1. The van der Waals surface area contributed by atoms with Gasteiger partial charge in [0.2, 0.25) is 11.8 Å². The SMILES string of the molecule is CCNC(=O)C(C)N(Cc1ccccc1Cl)C(=O)Cc1ccc(Cl)c(Cl)c1. The first-order valence-electron chi connectivity index (χ1n) is 8.58. The summed E-state index contributed by atoms with van der Waals surface area (Å²) in [5.74, 6) is -0.417. The second kappa shape index (κ2) is 9.98. The Hall–Kier alpha value is -1.75. The van der Waals surface area contributed by atoms with Crippen LogP contribution in [-0.2, 0) is 22.6 Å². The van der Waals surface area contributed by atoms with Gasteiger partial charge in [0, 0.05) is 18.1 Å². The predicted octanol–water partition coefficient (Wildman–Crippen LogP) is 4.74. The summed E-state index contributed by atoms with van der Waals surface area (Å²) in [7, 11) is 0. The third-order valence-electron chi connectivity index (χ3n) is 4.16. The summed E-state index contributed by atoms with van der Waals surface area (Å²) in [6, 6.07) is 11.7. The van der Waals surface area contributed by atoms with Crippen LogP contribution in [0.15, 0.2) is 42.5 Å². The van der Waals surface area contributed by atoms with Gasteiger partial charge in [-0.1, -0.05) is 59.1 Å². The molecule has 4 nitrogen and oxygen atoms in total. The molecule has 27 heavy (non-hydrogen) atoms. The molecule has 0 fully saturated rings. The largest absolute Gasteiger partial charge is 0.355 e. The molecule has 0 heterocycles.